The Morgan fingerprint density at radius 1 is 0.840 bits per heavy atom. The van der Waals surface area contributed by atoms with Crippen LogP contribution in [0.4, 0.5) is 0 Å². The van der Waals surface area contributed by atoms with Gasteiger partial charge >= 0.3 is 0 Å². The van der Waals surface area contributed by atoms with Crippen LogP contribution in [0.3, 0.4) is 0 Å². The topological polar surface area (TPSA) is 35.0 Å². The summed E-state index contributed by atoms with van der Waals surface area (Å²) in [5.41, 5.74) is 5.41. The quantitative estimate of drug-likeness (QED) is 0.574. The van der Waals surface area contributed by atoms with Crippen molar-refractivity contribution in [2.24, 2.45) is 0 Å². The molecule has 0 unspecified atom stereocenters. The smallest absolute Gasteiger partial charge is 0.192 e. The number of hydrogen-bond acceptors (Lipinski definition) is 4. The van der Waals surface area contributed by atoms with E-state index in [2.05, 4.69) is 48.1 Å². The van der Waals surface area contributed by atoms with Crippen molar-refractivity contribution in [3.63, 3.8) is 0 Å². The molecule has 0 spiro atoms. The van der Waals surface area contributed by atoms with E-state index in [-0.39, 0.29) is 0 Å². The minimum Gasteiger partial charge on any atom is -0.488 e. The Balaban J connectivity index is 1.77. The summed E-state index contributed by atoms with van der Waals surface area (Å²) in [5, 5.41) is 0.786. The Hall–Kier alpha value is -2.33. The third-order valence-corrected chi connectivity index (χ3v) is 4.67. The van der Waals surface area contributed by atoms with Gasteiger partial charge in [-0.1, -0.05) is 30.3 Å². The second kappa shape index (κ2) is 7.70. The number of nitrogens with zero attached hydrogens (tertiary/aromatic N) is 2. The second-order valence-corrected chi connectivity index (χ2v) is 7.24. The lowest BCUT2D eigenvalue weighted by Crippen LogP contribution is -1.99. The van der Waals surface area contributed by atoms with Gasteiger partial charge in [0.1, 0.15) is 12.4 Å². The molecule has 25 heavy (non-hydrogen) atoms. The molecule has 0 aliphatic carbocycles. The van der Waals surface area contributed by atoms with Crippen molar-refractivity contribution in [1.29, 1.82) is 0 Å². The zero-order valence-electron chi connectivity index (χ0n) is 15.0. The molecule has 0 atom stereocenters. The molecule has 0 aliphatic rings. The molecule has 0 fully saturated rings. The van der Waals surface area contributed by atoms with E-state index in [1.54, 1.807) is 11.8 Å². The van der Waals surface area contributed by atoms with Gasteiger partial charge in [-0.15, -0.1) is 0 Å². The van der Waals surface area contributed by atoms with Crippen LogP contribution in [0.2, 0.25) is 0 Å². The minimum atomic E-state index is 0.579. The Morgan fingerprint density at radius 3 is 2.04 bits per heavy atom. The molecule has 0 bridgehead atoms. The van der Waals surface area contributed by atoms with Gasteiger partial charge in [0, 0.05) is 16.3 Å². The van der Waals surface area contributed by atoms with Crippen LogP contribution in [-0.2, 0) is 6.61 Å². The van der Waals surface area contributed by atoms with E-state index in [1.807, 2.05) is 38.1 Å². The number of benzene rings is 2. The number of aryl methyl sites for hydroxylation is 4. The summed E-state index contributed by atoms with van der Waals surface area (Å²) in [4.78, 5) is 10.1. The highest BCUT2D eigenvalue weighted by Gasteiger charge is 2.10. The van der Waals surface area contributed by atoms with Gasteiger partial charge in [0.2, 0.25) is 0 Å². The summed E-state index contributed by atoms with van der Waals surface area (Å²) in [5.74, 6) is 0.953. The van der Waals surface area contributed by atoms with E-state index in [0.29, 0.717) is 6.61 Å². The van der Waals surface area contributed by atoms with Crippen molar-refractivity contribution >= 4 is 11.8 Å². The van der Waals surface area contributed by atoms with Gasteiger partial charge < -0.3 is 4.74 Å². The van der Waals surface area contributed by atoms with E-state index in [1.165, 1.54) is 5.56 Å². The Labute approximate surface area is 153 Å². The summed E-state index contributed by atoms with van der Waals surface area (Å²) in [6, 6.07) is 16.5. The monoisotopic (exact) mass is 350 g/mol. The zero-order chi connectivity index (χ0) is 17.8. The van der Waals surface area contributed by atoms with E-state index in [9.17, 15) is 0 Å². The number of ether oxygens (including phenoxy) is 1. The van der Waals surface area contributed by atoms with Gasteiger partial charge in [0.05, 0.1) is 0 Å². The van der Waals surface area contributed by atoms with Crippen molar-refractivity contribution in [3.05, 3.63) is 76.6 Å². The molecular formula is C21H22N2OS. The number of hydrogen-bond donors (Lipinski definition) is 0. The van der Waals surface area contributed by atoms with E-state index in [0.717, 1.165) is 38.3 Å². The van der Waals surface area contributed by atoms with Crippen LogP contribution in [0.5, 0.6) is 5.75 Å². The van der Waals surface area contributed by atoms with E-state index >= 15 is 0 Å². The van der Waals surface area contributed by atoms with Gasteiger partial charge in [0.25, 0.3) is 0 Å². The average Bonchev–Trinajstić information content (AvgIpc) is 2.54. The fraction of sp³-hybridized carbons (Fsp3) is 0.238. The van der Waals surface area contributed by atoms with Crippen LogP contribution in [-0.4, -0.2) is 9.97 Å². The maximum Gasteiger partial charge on any atom is 0.192 e. The van der Waals surface area contributed by atoms with Gasteiger partial charge in [-0.05, 0) is 74.3 Å². The molecule has 0 saturated carbocycles. The van der Waals surface area contributed by atoms with Gasteiger partial charge in [-0.2, -0.15) is 0 Å². The molecule has 2 aromatic carbocycles. The Kier molecular flexibility index (Phi) is 5.39. The molecule has 0 saturated heterocycles. The van der Waals surface area contributed by atoms with Crippen LogP contribution in [0.25, 0.3) is 0 Å². The first-order valence-corrected chi connectivity index (χ1v) is 9.11. The fourth-order valence-corrected chi connectivity index (χ4v) is 3.83. The lowest BCUT2D eigenvalue weighted by molar-refractivity contribution is 0.301. The van der Waals surface area contributed by atoms with Gasteiger partial charge in [-0.25, -0.2) is 9.97 Å². The van der Waals surface area contributed by atoms with E-state index in [4.69, 9.17) is 4.74 Å². The third kappa shape index (κ3) is 4.60. The van der Waals surface area contributed by atoms with Crippen LogP contribution in [0.15, 0.2) is 58.6 Å². The maximum atomic E-state index is 6.06. The number of aromatic nitrogens is 2. The molecule has 0 aliphatic heterocycles. The van der Waals surface area contributed by atoms with Crippen molar-refractivity contribution in [3.8, 4) is 5.75 Å². The summed E-state index contributed by atoms with van der Waals surface area (Å²) in [6.45, 7) is 8.74. The highest BCUT2D eigenvalue weighted by molar-refractivity contribution is 7.99. The summed E-state index contributed by atoms with van der Waals surface area (Å²) in [7, 11) is 0. The van der Waals surface area contributed by atoms with Crippen molar-refractivity contribution in [1.82, 2.24) is 9.97 Å². The van der Waals surface area contributed by atoms with Crippen LogP contribution in [0, 0.1) is 27.7 Å². The molecule has 3 rings (SSSR count). The van der Waals surface area contributed by atoms with Crippen LogP contribution < -0.4 is 4.74 Å². The Bertz CT molecular complexity index is 835. The highest BCUT2D eigenvalue weighted by atomic mass is 32.2. The molecule has 1 heterocycles. The largest absolute Gasteiger partial charge is 0.488 e. The van der Waals surface area contributed by atoms with Crippen molar-refractivity contribution in [2.45, 2.75) is 44.4 Å². The molecule has 0 amide bonds. The lowest BCUT2D eigenvalue weighted by Gasteiger charge is -2.14. The van der Waals surface area contributed by atoms with Crippen molar-refractivity contribution in [2.75, 3.05) is 0 Å². The fourth-order valence-electron chi connectivity index (χ4n) is 2.77. The highest BCUT2D eigenvalue weighted by Crippen LogP contribution is 2.32. The first-order valence-electron chi connectivity index (χ1n) is 8.29. The molecule has 128 valence electrons. The average molecular weight is 350 g/mol. The minimum absolute atomic E-state index is 0.579. The second-order valence-electron chi connectivity index (χ2n) is 6.20. The molecular weight excluding hydrogens is 328 g/mol. The molecule has 0 N–H and O–H groups in total. The van der Waals surface area contributed by atoms with Crippen LogP contribution >= 0.6 is 11.8 Å². The van der Waals surface area contributed by atoms with Gasteiger partial charge in [0.15, 0.2) is 5.16 Å². The lowest BCUT2D eigenvalue weighted by atomic mass is 10.1. The summed E-state index contributed by atoms with van der Waals surface area (Å²) in [6.07, 6.45) is 0. The number of rotatable bonds is 5. The molecule has 0 radical (unpaired) electrons. The SMILES string of the molecule is Cc1cc(C)nc(Sc2cc(C)c(OCc3ccccc3)c(C)c2)n1. The predicted molar refractivity (Wildman–Crippen MR) is 102 cm³/mol. The molecule has 3 aromatic rings. The summed E-state index contributed by atoms with van der Waals surface area (Å²) < 4.78 is 6.06. The van der Waals surface area contributed by atoms with E-state index < -0.39 is 0 Å². The molecule has 3 nitrogen and oxygen atoms in total. The zero-order valence-corrected chi connectivity index (χ0v) is 15.9. The third-order valence-electron chi connectivity index (χ3n) is 3.83. The normalized spacial score (nSPS) is 10.7. The predicted octanol–water partition coefficient (Wildman–Crippen LogP) is 5.44. The standard InChI is InChI=1S/C21H22N2OS/c1-14-10-19(25-21-22-16(3)12-17(4)23-21)11-15(2)20(14)24-13-18-8-6-5-7-9-18/h5-12H,13H2,1-4H3. The summed E-state index contributed by atoms with van der Waals surface area (Å²) >= 11 is 1.59. The Morgan fingerprint density at radius 2 is 1.44 bits per heavy atom. The maximum absolute atomic E-state index is 6.06. The van der Waals surface area contributed by atoms with Gasteiger partial charge in [-0.3, -0.25) is 0 Å². The van der Waals surface area contributed by atoms with Crippen molar-refractivity contribution < 1.29 is 4.74 Å². The first-order chi connectivity index (χ1) is 12.0. The molecule has 1 aromatic heterocycles. The van der Waals surface area contributed by atoms with Crippen LogP contribution in [0.1, 0.15) is 28.1 Å². The molecule has 4 heteroatoms. The first kappa shape index (κ1) is 17.5.